The minimum atomic E-state index is -4.67. The lowest BCUT2D eigenvalue weighted by Gasteiger charge is -2.11. The third kappa shape index (κ3) is 3.88. The number of thiophene rings is 1. The molecule has 1 aromatic carbocycles. The summed E-state index contributed by atoms with van der Waals surface area (Å²) in [5.74, 6) is -0.248. The lowest BCUT2D eigenvalue weighted by Crippen LogP contribution is -2.17. The van der Waals surface area contributed by atoms with Crippen molar-refractivity contribution in [3.05, 3.63) is 51.7 Å². The predicted octanol–water partition coefficient (Wildman–Crippen LogP) is 5.28. The molecule has 102 valence electrons. The monoisotopic (exact) mass is 306 g/mol. The van der Waals surface area contributed by atoms with E-state index in [9.17, 15) is 13.2 Å². The van der Waals surface area contributed by atoms with E-state index in [1.54, 1.807) is 11.3 Å². The third-order valence-corrected chi connectivity index (χ3v) is 4.10. The Morgan fingerprint density at radius 3 is 2.21 bits per heavy atom. The van der Waals surface area contributed by atoms with Gasteiger partial charge in [-0.05, 0) is 36.8 Å². The van der Waals surface area contributed by atoms with Crippen LogP contribution < -0.4 is 4.74 Å². The minimum absolute atomic E-state index is 0.248. The maximum absolute atomic E-state index is 12.0. The van der Waals surface area contributed by atoms with Crippen molar-refractivity contribution in [1.82, 2.24) is 0 Å². The molecule has 0 aliphatic heterocycles. The molecule has 1 nitrogen and oxygen atoms in total. The lowest BCUT2D eigenvalue weighted by molar-refractivity contribution is -0.274. The van der Waals surface area contributed by atoms with Crippen molar-refractivity contribution < 1.29 is 17.9 Å². The maximum atomic E-state index is 12.0. The summed E-state index contributed by atoms with van der Waals surface area (Å²) >= 11 is 7.84. The van der Waals surface area contributed by atoms with Crippen LogP contribution in [0.25, 0.3) is 0 Å². The topological polar surface area (TPSA) is 9.23 Å². The van der Waals surface area contributed by atoms with Crippen molar-refractivity contribution in [2.24, 2.45) is 0 Å². The summed E-state index contributed by atoms with van der Waals surface area (Å²) in [5.41, 5.74) is 0.734. The predicted molar refractivity (Wildman–Crippen MR) is 69.9 cm³/mol. The fourth-order valence-electron chi connectivity index (χ4n) is 1.59. The van der Waals surface area contributed by atoms with Crippen LogP contribution in [0.2, 0.25) is 0 Å². The van der Waals surface area contributed by atoms with Gasteiger partial charge in [0.15, 0.2) is 0 Å². The van der Waals surface area contributed by atoms with E-state index in [4.69, 9.17) is 11.6 Å². The second kappa shape index (κ2) is 5.43. The standard InChI is InChI=1S/C13H10ClF3OS/c1-8-2-7-11(19-8)12(14)9-3-5-10(6-4-9)18-13(15,16)17/h2-7,12H,1H3. The molecule has 0 amide bonds. The van der Waals surface area contributed by atoms with Crippen molar-refractivity contribution in [2.45, 2.75) is 18.7 Å². The molecule has 0 N–H and O–H groups in total. The van der Waals surface area contributed by atoms with Gasteiger partial charge in [-0.2, -0.15) is 0 Å². The summed E-state index contributed by atoms with van der Waals surface area (Å²) in [4.78, 5) is 2.10. The number of ether oxygens (including phenoxy) is 1. The first-order chi connectivity index (χ1) is 8.85. The van der Waals surface area contributed by atoms with E-state index >= 15 is 0 Å². The van der Waals surface area contributed by atoms with Crippen molar-refractivity contribution >= 4 is 22.9 Å². The Bertz CT molecular complexity index is 548. The van der Waals surface area contributed by atoms with Crippen molar-refractivity contribution in [1.29, 1.82) is 0 Å². The molecule has 0 aliphatic carbocycles. The zero-order chi connectivity index (χ0) is 14.0. The molecule has 0 saturated carbocycles. The molecule has 1 aromatic heterocycles. The first kappa shape index (κ1) is 14.2. The van der Waals surface area contributed by atoms with Crippen molar-refractivity contribution in [3.63, 3.8) is 0 Å². The summed E-state index contributed by atoms with van der Waals surface area (Å²) in [6, 6.07) is 9.47. The molecule has 1 atom stereocenters. The van der Waals surface area contributed by atoms with Gasteiger partial charge in [0.1, 0.15) is 5.75 Å². The smallest absolute Gasteiger partial charge is 0.406 e. The second-order valence-electron chi connectivity index (χ2n) is 3.93. The number of hydrogen-bond acceptors (Lipinski definition) is 2. The Morgan fingerprint density at radius 1 is 1.11 bits per heavy atom. The molecule has 2 aromatic rings. The van der Waals surface area contributed by atoms with Crippen LogP contribution >= 0.6 is 22.9 Å². The highest BCUT2D eigenvalue weighted by atomic mass is 35.5. The van der Waals surface area contributed by atoms with E-state index in [-0.39, 0.29) is 11.1 Å². The van der Waals surface area contributed by atoms with E-state index in [1.165, 1.54) is 24.3 Å². The van der Waals surface area contributed by atoms with Gasteiger partial charge in [0.2, 0.25) is 0 Å². The quantitative estimate of drug-likeness (QED) is 0.701. The van der Waals surface area contributed by atoms with Gasteiger partial charge in [-0.15, -0.1) is 36.1 Å². The lowest BCUT2D eigenvalue weighted by atomic mass is 10.1. The molecule has 0 saturated heterocycles. The normalized spacial score (nSPS) is 13.3. The highest BCUT2D eigenvalue weighted by molar-refractivity contribution is 7.12. The number of rotatable bonds is 3. The summed E-state index contributed by atoms with van der Waals surface area (Å²) in [5, 5.41) is -0.362. The molecule has 1 heterocycles. The van der Waals surface area contributed by atoms with Crippen molar-refractivity contribution in [2.75, 3.05) is 0 Å². The molecule has 0 radical (unpaired) electrons. The Kier molecular flexibility index (Phi) is 4.06. The van der Waals surface area contributed by atoms with E-state index < -0.39 is 6.36 Å². The van der Waals surface area contributed by atoms with Crippen LogP contribution in [-0.4, -0.2) is 6.36 Å². The fourth-order valence-corrected chi connectivity index (χ4v) is 2.83. The van der Waals surface area contributed by atoms with Crippen LogP contribution in [0.5, 0.6) is 5.75 Å². The SMILES string of the molecule is Cc1ccc(C(Cl)c2ccc(OC(F)(F)F)cc2)s1. The Labute approximate surface area is 117 Å². The van der Waals surface area contributed by atoms with Gasteiger partial charge in [0, 0.05) is 9.75 Å². The molecule has 0 spiro atoms. The zero-order valence-corrected chi connectivity index (χ0v) is 11.4. The van der Waals surface area contributed by atoms with Crippen LogP contribution in [0.15, 0.2) is 36.4 Å². The molecule has 0 fully saturated rings. The zero-order valence-electron chi connectivity index (χ0n) is 9.87. The average molecular weight is 307 g/mol. The average Bonchev–Trinajstić information content (AvgIpc) is 2.74. The van der Waals surface area contributed by atoms with E-state index in [0.717, 1.165) is 15.3 Å². The largest absolute Gasteiger partial charge is 0.573 e. The van der Waals surface area contributed by atoms with Crippen LogP contribution in [0, 0.1) is 6.92 Å². The Balaban J connectivity index is 2.14. The number of alkyl halides is 4. The van der Waals surface area contributed by atoms with Crippen LogP contribution in [0.4, 0.5) is 13.2 Å². The fraction of sp³-hybridized carbons (Fsp3) is 0.231. The molecule has 0 bridgehead atoms. The molecule has 0 aliphatic rings. The number of halogens is 4. The molecular weight excluding hydrogens is 297 g/mol. The summed E-state index contributed by atoms with van der Waals surface area (Å²) in [6.07, 6.45) is -4.67. The Morgan fingerprint density at radius 2 is 1.74 bits per heavy atom. The summed E-state index contributed by atoms with van der Waals surface area (Å²) in [6.45, 7) is 1.97. The first-order valence-corrected chi connectivity index (χ1v) is 6.66. The van der Waals surface area contributed by atoms with Gasteiger partial charge in [-0.25, -0.2) is 0 Å². The molecule has 6 heteroatoms. The van der Waals surface area contributed by atoms with Gasteiger partial charge < -0.3 is 4.74 Å². The Hall–Kier alpha value is -1.20. The summed E-state index contributed by atoms with van der Waals surface area (Å²) in [7, 11) is 0. The molecular formula is C13H10ClF3OS. The van der Waals surface area contributed by atoms with Gasteiger partial charge >= 0.3 is 6.36 Å². The highest BCUT2D eigenvalue weighted by Crippen LogP contribution is 2.34. The van der Waals surface area contributed by atoms with Gasteiger partial charge in [-0.1, -0.05) is 12.1 Å². The number of benzene rings is 1. The maximum Gasteiger partial charge on any atom is 0.573 e. The first-order valence-electron chi connectivity index (χ1n) is 5.41. The number of hydrogen-bond donors (Lipinski definition) is 0. The van der Waals surface area contributed by atoms with Gasteiger partial charge in [-0.3, -0.25) is 0 Å². The minimum Gasteiger partial charge on any atom is -0.406 e. The van der Waals surface area contributed by atoms with Crippen LogP contribution in [0.3, 0.4) is 0 Å². The number of aryl methyl sites for hydroxylation is 1. The van der Waals surface area contributed by atoms with Crippen molar-refractivity contribution in [3.8, 4) is 5.75 Å². The molecule has 1 unspecified atom stereocenters. The second-order valence-corrected chi connectivity index (χ2v) is 5.68. The highest BCUT2D eigenvalue weighted by Gasteiger charge is 2.31. The van der Waals surface area contributed by atoms with Gasteiger partial charge in [0.25, 0.3) is 0 Å². The molecule has 19 heavy (non-hydrogen) atoms. The van der Waals surface area contributed by atoms with Crippen LogP contribution in [-0.2, 0) is 0 Å². The third-order valence-electron chi connectivity index (χ3n) is 2.42. The van der Waals surface area contributed by atoms with E-state index in [2.05, 4.69) is 4.74 Å². The van der Waals surface area contributed by atoms with Gasteiger partial charge in [0.05, 0.1) is 5.38 Å². The van der Waals surface area contributed by atoms with Crippen LogP contribution in [0.1, 0.15) is 20.7 Å². The van der Waals surface area contributed by atoms with E-state index in [0.29, 0.717) is 0 Å². The summed E-state index contributed by atoms with van der Waals surface area (Å²) < 4.78 is 39.9. The van der Waals surface area contributed by atoms with E-state index in [1.807, 2.05) is 19.1 Å². The molecule has 2 rings (SSSR count).